The molecule has 0 aliphatic carbocycles. The highest BCUT2D eigenvalue weighted by molar-refractivity contribution is 5.86. The Balaban J connectivity index is 2.76. The SMILES string of the molecule is CNC(C)c1nc(C)nc2c(OC)cccc12. The molecule has 0 amide bonds. The van der Waals surface area contributed by atoms with E-state index in [1.807, 2.05) is 32.2 Å². The van der Waals surface area contributed by atoms with Gasteiger partial charge in [0.25, 0.3) is 0 Å². The number of hydrogen-bond donors (Lipinski definition) is 1. The van der Waals surface area contributed by atoms with Crippen molar-refractivity contribution in [3.8, 4) is 5.75 Å². The zero-order chi connectivity index (χ0) is 12.4. The Labute approximate surface area is 101 Å². The first-order valence-corrected chi connectivity index (χ1v) is 5.66. The van der Waals surface area contributed by atoms with Crippen LogP contribution < -0.4 is 10.1 Å². The van der Waals surface area contributed by atoms with Crippen LogP contribution in [-0.4, -0.2) is 24.1 Å². The van der Waals surface area contributed by atoms with Gasteiger partial charge in [0.15, 0.2) is 0 Å². The predicted octanol–water partition coefficient (Wildman–Crippen LogP) is 2.23. The Morgan fingerprint density at radius 2 is 2.06 bits per heavy atom. The normalized spacial score (nSPS) is 12.7. The highest BCUT2D eigenvalue weighted by atomic mass is 16.5. The van der Waals surface area contributed by atoms with Gasteiger partial charge in [0.05, 0.1) is 12.8 Å². The highest BCUT2D eigenvalue weighted by Crippen LogP contribution is 2.27. The van der Waals surface area contributed by atoms with Crippen molar-refractivity contribution in [1.29, 1.82) is 0 Å². The van der Waals surface area contributed by atoms with E-state index in [1.165, 1.54) is 0 Å². The second-order valence-electron chi connectivity index (χ2n) is 4.02. The summed E-state index contributed by atoms with van der Waals surface area (Å²) in [7, 11) is 3.58. The van der Waals surface area contributed by atoms with Crippen LogP contribution in [0.5, 0.6) is 5.75 Å². The number of nitrogens with one attached hydrogen (secondary N) is 1. The smallest absolute Gasteiger partial charge is 0.145 e. The predicted molar refractivity (Wildman–Crippen MR) is 68.3 cm³/mol. The number of nitrogens with zero attached hydrogens (tertiary/aromatic N) is 2. The molecule has 4 nitrogen and oxygen atoms in total. The number of ether oxygens (including phenoxy) is 1. The van der Waals surface area contributed by atoms with E-state index in [0.717, 1.165) is 28.2 Å². The van der Waals surface area contributed by atoms with Crippen LogP contribution in [0.25, 0.3) is 10.9 Å². The van der Waals surface area contributed by atoms with Crippen LogP contribution in [0.3, 0.4) is 0 Å². The molecule has 0 aliphatic heterocycles. The number of benzene rings is 1. The number of aromatic nitrogens is 2. The molecule has 1 atom stereocenters. The average molecular weight is 231 g/mol. The maximum Gasteiger partial charge on any atom is 0.145 e. The van der Waals surface area contributed by atoms with Gasteiger partial charge in [0.2, 0.25) is 0 Å². The molecule has 4 heteroatoms. The Morgan fingerprint density at radius 3 is 2.71 bits per heavy atom. The lowest BCUT2D eigenvalue weighted by atomic mass is 10.1. The number of rotatable bonds is 3. The lowest BCUT2D eigenvalue weighted by molar-refractivity contribution is 0.418. The summed E-state index contributed by atoms with van der Waals surface area (Å²) in [5.41, 5.74) is 1.88. The summed E-state index contributed by atoms with van der Waals surface area (Å²) in [6.45, 7) is 3.98. The molecule has 0 spiro atoms. The van der Waals surface area contributed by atoms with Gasteiger partial charge in [-0.05, 0) is 27.0 Å². The van der Waals surface area contributed by atoms with Gasteiger partial charge in [-0.25, -0.2) is 9.97 Å². The van der Waals surface area contributed by atoms with Crippen LogP contribution in [0.1, 0.15) is 24.5 Å². The van der Waals surface area contributed by atoms with Crippen molar-refractivity contribution in [2.24, 2.45) is 0 Å². The summed E-state index contributed by atoms with van der Waals surface area (Å²) in [5, 5.41) is 4.25. The van der Waals surface area contributed by atoms with Gasteiger partial charge in [-0.3, -0.25) is 0 Å². The van der Waals surface area contributed by atoms with Gasteiger partial charge in [0, 0.05) is 11.4 Å². The maximum absolute atomic E-state index is 5.34. The van der Waals surface area contributed by atoms with Gasteiger partial charge < -0.3 is 10.1 Å². The lowest BCUT2D eigenvalue weighted by Crippen LogP contribution is -2.15. The fourth-order valence-electron chi connectivity index (χ4n) is 1.90. The first-order chi connectivity index (χ1) is 8.17. The molecule has 1 heterocycles. The first kappa shape index (κ1) is 11.8. The van der Waals surface area contributed by atoms with Gasteiger partial charge in [-0.15, -0.1) is 0 Å². The number of aryl methyl sites for hydroxylation is 1. The van der Waals surface area contributed by atoms with E-state index in [4.69, 9.17) is 4.74 Å². The molecule has 1 N–H and O–H groups in total. The second kappa shape index (κ2) is 4.67. The zero-order valence-electron chi connectivity index (χ0n) is 10.6. The van der Waals surface area contributed by atoms with Crippen molar-refractivity contribution >= 4 is 10.9 Å². The molecule has 0 radical (unpaired) electrons. The van der Waals surface area contributed by atoms with E-state index in [-0.39, 0.29) is 6.04 Å². The molecular weight excluding hydrogens is 214 g/mol. The summed E-state index contributed by atoms with van der Waals surface area (Å²) in [6.07, 6.45) is 0. The van der Waals surface area contributed by atoms with Crippen LogP contribution in [-0.2, 0) is 0 Å². The molecule has 90 valence electrons. The quantitative estimate of drug-likeness (QED) is 0.880. The van der Waals surface area contributed by atoms with Gasteiger partial charge in [0.1, 0.15) is 17.1 Å². The minimum Gasteiger partial charge on any atom is -0.494 e. The Bertz CT molecular complexity index is 539. The fraction of sp³-hybridized carbons (Fsp3) is 0.385. The summed E-state index contributed by atoms with van der Waals surface area (Å²) >= 11 is 0. The molecule has 1 unspecified atom stereocenters. The number of fused-ring (bicyclic) bond motifs is 1. The van der Waals surface area contributed by atoms with E-state index in [1.54, 1.807) is 7.11 Å². The third-order valence-electron chi connectivity index (χ3n) is 2.89. The molecule has 1 aromatic heterocycles. The van der Waals surface area contributed by atoms with Crippen molar-refractivity contribution < 1.29 is 4.74 Å². The molecule has 0 fully saturated rings. The number of methoxy groups -OCH3 is 1. The van der Waals surface area contributed by atoms with E-state index >= 15 is 0 Å². The minimum absolute atomic E-state index is 0.186. The second-order valence-corrected chi connectivity index (χ2v) is 4.02. The van der Waals surface area contributed by atoms with E-state index < -0.39 is 0 Å². The lowest BCUT2D eigenvalue weighted by Gasteiger charge is -2.14. The highest BCUT2D eigenvalue weighted by Gasteiger charge is 2.13. The number of para-hydroxylation sites is 1. The van der Waals surface area contributed by atoms with Crippen LogP contribution in [0, 0.1) is 6.92 Å². The third-order valence-corrected chi connectivity index (χ3v) is 2.89. The van der Waals surface area contributed by atoms with Crippen molar-refractivity contribution in [2.75, 3.05) is 14.2 Å². The molecule has 17 heavy (non-hydrogen) atoms. The average Bonchev–Trinajstić information content (AvgIpc) is 2.36. The zero-order valence-corrected chi connectivity index (χ0v) is 10.6. The van der Waals surface area contributed by atoms with Crippen LogP contribution >= 0.6 is 0 Å². The van der Waals surface area contributed by atoms with Crippen LogP contribution in [0.4, 0.5) is 0 Å². The van der Waals surface area contributed by atoms with E-state index in [9.17, 15) is 0 Å². The Morgan fingerprint density at radius 1 is 1.29 bits per heavy atom. The van der Waals surface area contributed by atoms with Crippen molar-refractivity contribution in [3.05, 3.63) is 29.7 Å². The van der Waals surface area contributed by atoms with Crippen molar-refractivity contribution in [2.45, 2.75) is 19.9 Å². The van der Waals surface area contributed by atoms with Gasteiger partial charge in [-0.2, -0.15) is 0 Å². The number of hydrogen-bond acceptors (Lipinski definition) is 4. The molecule has 0 saturated heterocycles. The Hall–Kier alpha value is -1.68. The monoisotopic (exact) mass is 231 g/mol. The summed E-state index contributed by atoms with van der Waals surface area (Å²) < 4.78 is 5.34. The summed E-state index contributed by atoms with van der Waals surface area (Å²) in [5.74, 6) is 1.55. The molecule has 1 aromatic carbocycles. The van der Waals surface area contributed by atoms with Gasteiger partial charge in [-0.1, -0.05) is 12.1 Å². The summed E-state index contributed by atoms with van der Waals surface area (Å²) in [6, 6.07) is 6.10. The molecule has 0 aliphatic rings. The van der Waals surface area contributed by atoms with Crippen LogP contribution in [0.15, 0.2) is 18.2 Å². The van der Waals surface area contributed by atoms with E-state index in [0.29, 0.717) is 0 Å². The maximum atomic E-state index is 5.34. The fourth-order valence-corrected chi connectivity index (χ4v) is 1.90. The first-order valence-electron chi connectivity index (χ1n) is 5.66. The minimum atomic E-state index is 0.186. The molecule has 0 saturated carbocycles. The molecular formula is C13H17N3O. The van der Waals surface area contributed by atoms with Crippen molar-refractivity contribution in [3.63, 3.8) is 0 Å². The Kier molecular flexibility index (Phi) is 3.24. The molecule has 2 rings (SSSR count). The van der Waals surface area contributed by atoms with Crippen molar-refractivity contribution in [1.82, 2.24) is 15.3 Å². The van der Waals surface area contributed by atoms with E-state index in [2.05, 4.69) is 22.2 Å². The summed E-state index contributed by atoms with van der Waals surface area (Å²) in [4.78, 5) is 8.98. The van der Waals surface area contributed by atoms with Crippen LogP contribution in [0.2, 0.25) is 0 Å². The van der Waals surface area contributed by atoms with Gasteiger partial charge >= 0.3 is 0 Å². The standard InChI is InChI=1S/C13H17N3O/c1-8(14-3)12-10-6-5-7-11(17-4)13(10)16-9(2)15-12/h5-8,14H,1-4H3. The third kappa shape index (κ3) is 2.08. The molecule has 0 bridgehead atoms. The topological polar surface area (TPSA) is 47.0 Å². The largest absolute Gasteiger partial charge is 0.494 e. The molecule has 2 aromatic rings.